The van der Waals surface area contributed by atoms with Gasteiger partial charge in [0.25, 0.3) is 0 Å². The zero-order chi connectivity index (χ0) is 13.2. The molecule has 0 bridgehead atoms. The third-order valence-electron chi connectivity index (χ3n) is 4.02. The van der Waals surface area contributed by atoms with Gasteiger partial charge in [-0.25, -0.2) is 0 Å². The molecule has 97 valence electrons. The van der Waals surface area contributed by atoms with E-state index in [9.17, 15) is 0 Å². The first kappa shape index (κ1) is 12.5. The fraction of sp³-hybridized carbons (Fsp3) is 0.316. The summed E-state index contributed by atoms with van der Waals surface area (Å²) in [7, 11) is 0. The number of fused-ring (bicyclic) bond motifs is 3. The molecule has 0 amide bonds. The lowest BCUT2D eigenvalue weighted by Crippen LogP contribution is -1.99. The molecule has 0 unspecified atom stereocenters. The van der Waals surface area contributed by atoms with E-state index in [1.165, 1.54) is 47.9 Å². The molecule has 0 aromatic heterocycles. The van der Waals surface area contributed by atoms with Crippen LogP contribution < -0.4 is 0 Å². The van der Waals surface area contributed by atoms with Crippen molar-refractivity contribution in [1.82, 2.24) is 0 Å². The molecule has 0 saturated carbocycles. The van der Waals surface area contributed by atoms with Gasteiger partial charge in [0.15, 0.2) is 0 Å². The summed E-state index contributed by atoms with van der Waals surface area (Å²) in [6.45, 7) is 4.54. The van der Waals surface area contributed by atoms with Gasteiger partial charge in [0, 0.05) is 6.42 Å². The van der Waals surface area contributed by atoms with E-state index in [-0.39, 0.29) is 0 Å². The third-order valence-corrected chi connectivity index (χ3v) is 4.02. The monoisotopic (exact) mass is 249 g/mol. The van der Waals surface area contributed by atoms with Crippen LogP contribution in [0.4, 0.5) is 0 Å². The van der Waals surface area contributed by atoms with Crippen LogP contribution in [0.1, 0.15) is 48.9 Å². The van der Waals surface area contributed by atoms with E-state index < -0.39 is 0 Å². The normalized spacial score (nSPS) is 12.3. The fourth-order valence-corrected chi connectivity index (χ4v) is 3.18. The van der Waals surface area contributed by atoms with Crippen LogP contribution in [-0.4, -0.2) is 0 Å². The smallest absolute Gasteiger partial charge is 0.0214 e. The van der Waals surface area contributed by atoms with E-state index in [0.29, 0.717) is 0 Å². The van der Waals surface area contributed by atoms with Crippen molar-refractivity contribution in [3.05, 3.63) is 65.1 Å². The standard InChI is InChI=1S/C19H21/c1-3-7-14-11-12-18-17-10-6-5-9-15(17)13-19(18)16(14)8-4-2/h5-6,9-13H,3-4,7-8H2,1-2H3. The van der Waals surface area contributed by atoms with E-state index >= 15 is 0 Å². The van der Waals surface area contributed by atoms with Crippen molar-refractivity contribution in [2.24, 2.45) is 0 Å². The zero-order valence-corrected chi connectivity index (χ0v) is 11.9. The van der Waals surface area contributed by atoms with Crippen LogP contribution >= 0.6 is 0 Å². The molecule has 0 aliphatic heterocycles. The van der Waals surface area contributed by atoms with Crippen molar-refractivity contribution in [2.45, 2.75) is 39.5 Å². The molecular weight excluding hydrogens is 228 g/mol. The van der Waals surface area contributed by atoms with Gasteiger partial charge in [-0.15, -0.1) is 0 Å². The van der Waals surface area contributed by atoms with Crippen LogP contribution in [0.3, 0.4) is 0 Å². The SMILES string of the molecule is CCCc1ccc2c(c1CCC)[CH]c1ccccc1-2. The molecule has 0 saturated heterocycles. The lowest BCUT2D eigenvalue weighted by atomic mass is 9.91. The molecule has 0 atom stereocenters. The Morgan fingerprint density at radius 1 is 0.789 bits per heavy atom. The summed E-state index contributed by atoms with van der Waals surface area (Å²) in [6, 6.07) is 13.4. The van der Waals surface area contributed by atoms with Crippen LogP contribution in [-0.2, 0) is 12.8 Å². The van der Waals surface area contributed by atoms with E-state index in [0.717, 1.165) is 0 Å². The summed E-state index contributed by atoms with van der Waals surface area (Å²) in [6.07, 6.45) is 7.23. The van der Waals surface area contributed by atoms with Gasteiger partial charge in [-0.05, 0) is 46.2 Å². The average molecular weight is 249 g/mol. The lowest BCUT2D eigenvalue weighted by Gasteiger charge is -2.13. The minimum Gasteiger partial charge on any atom is -0.0651 e. The van der Waals surface area contributed by atoms with Gasteiger partial charge < -0.3 is 0 Å². The Morgan fingerprint density at radius 2 is 1.58 bits per heavy atom. The Morgan fingerprint density at radius 3 is 2.37 bits per heavy atom. The number of hydrogen-bond acceptors (Lipinski definition) is 0. The molecule has 0 nitrogen and oxygen atoms in total. The molecule has 2 aromatic rings. The van der Waals surface area contributed by atoms with Crippen molar-refractivity contribution in [2.75, 3.05) is 0 Å². The predicted octanol–water partition coefficient (Wildman–Crippen LogP) is 5.17. The van der Waals surface area contributed by atoms with Crippen molar-refractivity contribution < 1.29 is 0 Å². The molecule has 2 aromatic carbocycles. The Labute approximate surface area is 116 Å². The Bertz CT molecular complexity index is 593. The topological polar surface area (TPSA) is 0 Å². The van der Waals surface area contributed by atoms with E-state index in [4.69, 9.17) is 0 Å². The van der Waals surface area contributed by atoms with Gasteiger partial charge >= 0.3 is 0 Å². The molecule has 0 heteroatoms. The summed E-state index contributed by atoms with van der Waals surface area (Å²) in [5.74, 6) is 0. The molecule has 1 aliphatic rings. The first-order valence-electron chi connectivity index (χ1n) is 7.44. The highest BCUT2D eigenvalue weighted by atomic mass is 14.3. The molecule has 1 aliphatic carbocycles. The van der Waals surface area contributed by atoms with Crippen LogP contribution in [0, 0.1) is 6.42 Å². The quantitative estimate of drug-likeness (QED) is 0.598. The molecule has 3 rings (SSSR count). The van der Waals surface area contributed by atoms with Gasteiger partial charge in [-0.1, -0.05) is 63.1 Å². The molecule has 0 fully saturated rings. The Hall–Kier alpha value is -1.56. The summed E-state index contributed by atoms with van der Waals surface area (Å²) < 4.78 is 0. The molecule has 1 radical (unpaired) electrons. The summed E-state index contributed by atoms with van der Waals surface area (Å²) >= 11 is 0. The highest BCUT2D eigenvalue weighted by Crippen LogP contribution is 2.41. The van der Waals surface area contributed by atoms with Crippen LogP contribution in [0.2, 0.25) is 0 Å². The molecule has 0 spiro atoms. The number of aryl methyl sites for hydroxylation is 1. The highest BCUT2D eigenvalue weighted by Gasteiger charge is 2.22. The fourth-order valence-electron chi connectivity index (χ4n) is 3.18. The van der Waals surface area contributed by atoms with E-state index in [2.05, 4.69) is 56.7 Å². The predicted molar refractivity (Wildman–Crippen MR) is 82.4 cm³/mol. The second-order valence-electron chi connectivity index (χ2n) is 5.40. The summed E-state index contributed by atoms with van der Waals surface area (Å²) in [5, 5.41) is 0. The summed E-state index contributed by atoms with van der Waals surface area (Å²) in [5.41, 5.74) is 8.82. The van der Waals surface area contributed by atoms with Gasteiger partial charge in [-0.2, -0.15) is 0 Å². The number of hydrogen-bond donors (Lipinski definition) is 0. The number of rotatable bonds is 4. The zero-order valence-electron chi connectivity index (χ0n) is 11.9. The van der Waals surface area contributed by atoms with Crippen LogP contribution in [0.25, 0.3) is 11.1 Å². The third kappa shape index (κ3) is 2.10. The minimum absolute atomic E-state index is 1.20. The second-order valence-corrected chi connectivity index (χ2v) is 5.40. The molecule has 0 N–H and O–H groups in total. The maximum atomic E-state index is 2.38. The van der Waals surface area contributed by atoms with Crippen molar-refractivity contribution >= 4 is 0 Å². The van der Waals surface area contributed by atoms with Gasteiger partial charge in [0.2, 0.25) is 0 Å². The van der Waals surface area contributed by atoms with Gasteiger partial charge in [0.05, 0.1) is 0 Å². The minimum atomic E-state index is 1.20. The lowest BCUT2D eigenvalue weighted by molar-refractivity contribution is 0.857. The van der Waals surface area contributed by atoms with E-state index in [1.807, 2.05) is 0 Å². The number of benzene rings is 2. The molecular formula is C19H21. The summed E-state index contributed by atoms with van der Waals surface area (Å²) in [4.78, 5) is 0. The van der Waals surface area contributed by atoms with Crippen LogP contribution in [0.15, 0.2) is 36.4 Å². The van der Waals surface area contributed by atoms with Crippen molar-refractivity contribution in [3.8, 4) is 11.1 Å². The largest absolute Gasteiger partial charge is 0.0651 e. The average Bonchev–Trinajstić information content (AvgIpc) is 2.81. The first-order chi connectivity index (χ1) is 9.35. The van der Waals surface area contributed by atoms with Gasteiger partial charge in [0.1, 0.15) is 0 Å². The van der Waals surface area contributed by atoms with Crippen molar-refractivity contribution in [3.63, 3.8) is 0 Å². The highest BCUT2D eigenvalue weighted by molar-refractivity contribution is 5.82. The van der Waals surface area contributed by atoms with E-state index in [1.54, 1.807) is 11.1 Å². The first-order valence-corrected chi connectivity index (χ1v) is 7.44. The van der Waals surface area contributed by atoms with Crippen LogP contribution in [0.5, 0.6) is 0 Å². The second kappa shape index (κ2) is 5.21. The van der Waals surface area contributed by atoms with Crippen molar-refractivity contribution in [1.29, 1.82) is 0 Å². The molecule has 19 heavy (non-hydrogen) atoms. The maximum Gasteiger partial charge on any atom is 0.0214 e. The van der Waals surface area contributed by atoms with Gasteiger partial charge in [-0.3, -0.25) is 0 Å². The maximum absolute atomic E-state index is 2.38. The molecule has 0 heterocycles. The Balaban J connectivity index is 2.13. The Kier molecular flexibility index (Phi) is 3.42.